The average Bonchev–Trinajstić information content (AvgIpc) is 3.31. The first kappa shape index (κ1) is 24.6. The molecule has 0 saturated carbocycles. The number of carbonyl (C=O) groups excluding carboxylic acids is 1. The van der Waals surface area contributed by atoms with Gasteiger partial charge in [-0.05, 0) is 74.8 Å². The van der Waals surface area contributed by atoms with Gasteiger partial charge in [0.1, 0.15) is 11.6 Å². The highest BCUT2D eigenvalue weighted by Crippen LogP contribution is 2.26. The number of hydrogen-bond donors (Lipinski definition) is 0. The molecule has 3 heterocycles. The van der Waals surface area contributed by atoms with Gasteiger partial charge in [0.15, 0.2) is 0 Å². The zero-order chi connectivity index (χ0) is 26.1. The fourth-order valence-corrected chi connectivity index (χ4v) is 5.86. The first-order valence-electron chi connectivity index (χ1n) is 13.6. The predicted octanol–water partition coefficient (Wildman–Crippen LogP) is 5.03. The molecule has 38 heavy (non-hydrogen) atoms. The SMILES string of the molecule is Cc1ccc(N2CCN(C(=O)[C@H]3CCCN(Cc4nc5ccccc5n4-c4ccc(F)cc4)C3)CC2)cc1. The number of anilines is 1. The second-order valence-corrected chi connectivity index (χ2v) is 10.6. The maximum Gasteiger partial charge on any atom is 0.227 e. The fourth-order valence-electron chi connectivity index (χ4n) is 5.86. The molecule has 0 bridgehead atoms. The van der Waals surface area contributed by atoms with E-state index >= 15 is 0 Å². The molecular weight excluding hydrogens is 477 g/mol. The molecule has 1 amide bonds. The Bertz CT molecular complexity index is 1410. The maximum absolute atomic E-state index is 13.6. The third-order valence-corrected chi connectivity index (χ3v) is 7.93. The van der Waals surface area contributed by atoms with E-state index in [1.807, 2.05) is 24.3 Å². The fraction of sp³-hybridized carbons (Fsp3) is 0.355. The van der Waals surface area contributed by atoms with Gasteiger partial charge < -0.3 is 9.80 Å². The van der Waals surface area contributed by atoms with Crippen LogP contribution in [0.1, 0.15) is 24.2 Å². The Morgan fingerprint density at radius 2 is 1.61 bits per heavy atom. The number of hydrogen-bond acceptors (Lipinski definition) is 4. The molecule has 6 rings (SSSR count). The summed E-state index contributed by atoms with van der Waals surface area (Å²) < 4.78 is 15.8. The lowest BCUT2D eigenvalue weighted by Gasteiger charge is -2.39. The van der Waals surface area contributed by atoms with Crippen LogP contribution < -0.4 is 4.90 Å². The zero-order valence-electron chi connectivity index (χ0n) is 21.9. The van der Waals surface area contributed by atoms with E-state index in [0.717, 1.165) is 74.7 Å². The van der Waals surface area contributed by atoms with E-state index in [0.29, 0.717) is 6.54 Å². The molecule has 3 aromatic carbocycles. The number of aryl methyl sites for hydroxylation is 1. The molecule has 7 heteroatoms. The van der Waals surface area contributed by atoms with Crippen LogP contribution in [0.4, 0.5) is 10.1 Å². The van der Waals surface area contributed by atoms with Gasteiger partial charge >= 0.3 is 0 Å². The molecule has 2 saturated heterocycles. The van der Waals surface area contributed by atoms with Crippen LogP contribution in [0.25, 0.3) is 16.7 Å². The number of nitrogens with zero attached hydrogens (tertiary/aromatic N) is 5. The van der Waals surface area contributed by atoms with Crippen LogP contribution in [-0.4, -0.2) is 64.5 Å². The number of benzene rings is 3. The van der Waals surface area contributed by atoms with Crippen LogP contribution in [-0.2, 0) is 11.3 Å². The predicted molar refractivity (Wildman–Crippen MR) is 149 cm³/mol. The Morgan fingerprint density at radius 3 is 2.37 bits per heavy atom. The average molecular weight is 512 g/mol. The zero-order valence-corrected chi connectivity index (χ0v) is 21.9. The van der Waals surface area contributed by atoms with Crippen molar-refractivity contribution in [2.24, 2.45) is 5.92 Å². The molecule has 1 atom stereocenters. The van der Waals surface area contributed by atoms with Gasteiger partial charge in [-0.1, -0.05) is 29.8 Å². The molecule has 6 nitrogen and oxygen atoms in total. The van der Waals surface area contributed by atoms with E-state index in [1.165, 1.54) is 23.4 Å². The van der Waals surface area contributed by atoms with Crippen LogP contribution >= 0.6 is 0 Å². The molecule has 0 N–H and O–H groups in total. The molecular formula is C31H34FN5O. The van der Waals surface area contributed by atoms with Crippen molar-refractivity contribution in [2.75, 3.05) is 44.2 Å². The molecule has 2 aliphatic heterocycles. The van der Waals surface area contributed by atoms with E-state index in [1.54, 1.807) is 12.1 Å². The van der Waals surface area contributed by atoms with E-state index in [4.69, 9.17) is 4.98 Å². The number of para-hydroxylation sites is 2. The maximum atomic E-state index is 13.6. The molecule has 0 radical (unpaired) electrons. The number of likely N-dealkylation sites (tertiary alicyclic amines) is 1. The summed E-state index contributed by atoms with van der Waals surface area (Å²) in [6.07, 6.45) is 1.93. The van der Waals surface area contributed by atoms with Gasteiger partial charge in [-0.15, -0.1) is 0 Å². The molecule has 0 aliphatic carbocycles. The number of halogens is 1. The first-order valence-corrected chi connectivity index (χ1v) is 13.6. The van der Waals surface area contributed by atoms with Crippen molar-refractivity contribution in [2.45, 2.75) is 26.3 Å². The Balaban J connectivity index is 1.14. The van der Waals surface area contributed by atoms with Crippen LogP contribution in [0.3, 0.4) is 0 Å². The van der Waals surface area contributed by atoms with Gasteiger partial charge in [0.25, 0.3) is 0 Å². The normalized spacial score (nSPS) is 18.7. The van der Waals surface area contributed by atoms with Gasteiger partial charge in [0, 0.05) is 44.1 Å². The van der Waals surface area contributed by atoms with Crippen molar-refractivity contribution in [1.29, 1.82) is 0 Å². The Hall–Kier alpha value is -3.71. The highest BCUT2D eigenvalue weighted by Gasteiger charge is 2.31. The summed E-state index contributed by atoms with van der Waals surface area (Å²) in [7, 11) is 0. The molecule has 2 fully saturated rings. The highest BCUT2D eigenvalue weighted by molar-refractivity contribution is 5.80. The van der Waals surface area contributed by atoms with Gasteiger partial charge in [-0.3, -0.25) is 14.3 Å². The van der Waals surface area contributed by atoms with Crippen LogP contribution in [0.15, 0.2) is 72.8 Å². The summed E-state index contributed by atoms with van der Waals surface area (Å²) in [6.45, 7) is 7.71. The summed E-state index contributed by atoms with van der Waals surface area (Å²) >= 11 is 0. The van der Waals surface area contributed by atoms with Crippen LogP contribution in [0.2, 0.25) is 0 Å². The second kappa shape index (κ2) is 10.6. The monoisotopic (exact) mass is 511 g/mol. The van der Waals surface area contributed by atoms with Crippen molar-refractivity contribution in [3.63, 3.8) is 0 Å². The Kier molecular flexibility index (Phi) is 6.85. The third kappa shape index (κ3) is 5.03. The molecule has 0 unspecified atom stereocenters. The molecule has 2 aliphatic rings. The van der Waals surface area contributed by atoms with Crippen molar-refractivity contribution in [3.05, 3.63) is 90.0 Å². The van der Waals surface area contributed by atoms with E-state index in [9.17, 15) is 9.18 Å². The number of imidazole rings is 1. The van der Waals surface area contributed by atoms with E-state index < -0.39 is 0 Å². The summed E-state index contributed by atoms with van der Waals surface area (Å²) in [4.78, 5) is 25.2. The lowest BCUT2D eigenvalue weighted by atomic mass is 9.96. The quantitative estimate of drug-likeness (QED) is 0.377. The highest BCUT2D eigenvalue weighted by atomic mass is 19.1. The molecule has 4 aromatic rings. The number of rotatable bonds is 5. The molecule has 1 aromatic heterocycles. The van der Waals surface area contributed by atoms with Crippen molar-refractivity contribution in [3.8, 4) is 5.69 Å². The van der Waals surface area contributed by atoms with Crippen molar-refractivity contribution in [1.82, 2.24) is 19.4 Å². The van der Waals surface area contributed by atoms with Crippen LogP contribution in [0.5, 0.6) is 0 Å². The summed E-state index contributed by atoms with van der Waals surface area (Å²) in [6, 6.07) is 23.3. The minimum atomic E-state index is -0.253. The minimum absolute atomic E-state index is 0.0123. The lowest BCUT2D eigenvalue weighted by Crippen LogP contribution is -2.52. The molecule has 196 valence electrons. The Morgan fingerprint density at radius 1 is 0.895 bits per heavy atom. The largest absolute Gasteiger partial charge is 0.368 e. The summed E-state index contributed by atoms with van der Waals surface area (Å²) in [5.41, 5.74) is 5.31. The first-order chi connectivity index (χ1) is 18.5. The standard InChI is InChI=1S/C31H34FN5O/c1-23-8-12-26(13-9-23)35-17-19-36(20-18-35)31(38)24-5-4-16-34(21-24)22-30-33-28-6-2-3-7-29(28)37(30)27-14-10-25(32)11-15-27/h2-3,6-15,24H,4-5,16-22H2,1H3/t24-/m0/s1. The summed E-state index contributed by atoms with van der Waals surface area (Å²) in [5, 5.41) is 0. The van der Waals surface area contributed by atoms with E-state index in [-0.39, 0.29) is 17.6 Å². The van der Waals surface area contributed by atoms with Gasteiger partial charge in [-0.2, -0.15) is 0 Å². The number of piperazine rings is 1. The van der Waals surface area contributed by atoms with Gasteiger partial charge in [0.05, 0.1) is 23.5 Å². The second-order valence-electron chi connectivity index (χ2n) is 10.6. The number of aromatic nitrogens is 2. The summed E-state index contributed by atoms with van der Waals surface area (Å²) in [5.74, 6) is 0.957. The topological polar surface area (TPSA) is 44.6 Å². The Labute approximate surface area is 223 Å². The molecule has 0 spiro atoms. The minimum Gasteiger partial charge on any atom is -0.368 e. The number of amides is 1. The van der Waals surface area contributed by atoms with Crippen molar-refractivity contribution < 1.29 is 9.18 Å². The van der Waals surface area contributed by atoms with Crippen LogP contribution in [0, 0.1) is 18.7 Å². The number of carbonyl (C=O) groups is 1. The van der Waals surface area contributed by atoms with Crippen molar-refractivity contribution >= 4 is 22.6 Å². The van der Waals surface area contributed by atoms with E-state index in [2.05, 4.69) is 50.5 Å². The number of fused-ring (bicyclic) bond motifs is 1. The third-order valence-electron chi connectivity index (χ3n) is 7.93. The smallest absolute Gasteiger partial charge is 0.227 e. The van der Waals surface area contributed by atoms with Gasteiger partial charge in [-0.25, -0.2) is 9.37 Å². The lowest BCUT2D eigenvalue weighted by molar-refractivity contribution is -0.137. The number of piperidine rings is 1. The van der Waals surface area contributed by atoms with Gasteiger partial charge in [0.2, 0.25) is 5.91 Å².